The molecule has 18 nitrogen and oxygen atoms in total. The van der Waals surface area contributed by atoms with E-state index >= 15 is 0 Å². The maximum absolute atomic E-state index is 12.9. The second kappa shape index (κ2) is 15.5. The van der Waals surface area contributed by atoms with Crippen LogP contribution in [-0.4, -0.2) is 120 Å². The molecule has 10 heterocycles. The van der Waals surface area contributed by atoms with Gasteiger partial charge in [-0.1, -0.05) is 10.3 Å². The lowest BCUT2D eigenvalue weighted by atomic mass is 10.1. The average molecular weight is 809 g/mol. The minimum atomic E-state index is -0.446. The number of aliphatic hydroxyl groups is 2. The molecule has 2 N–H and O–H groups in total. The van der Waals surface area contributed by atoms with Crippen LogP contribution in [0.2, 0.25) is 0 Å². The molecule has 18 heteroatoms. The van der Waals surface area contributed by atoms with Crippen LogP contribution in [0.1, 0.15) is 45.6 Å². The second-order valence-electron chi connectivity index (χ2n) is 15.0. The lowest BCUT2D eigenvalue weighted by Gasteiger charge is -2.15. The van der Waals surface area contributed by atoms with Crippen molar-refractivity contribution in [1.82, 2.24) is 59.2 Å². The highest BCUT2D eigenvalue weighted by atomic mass is 16.5. The van der Waals surface area contributed by atoms with E-state index in [0.29, 0.717) is 96.6 Å². The first kappa shape index (κ1) is 38.3. The van der Waals surface area contributed by atoms with Gasteiger partial charge in [0, 0.05) is 88.4 Å². The minimum Gasteiger partial charge on any atom is -0.391 e. The summed E-state index contributed by atoms with van der Waals surface area (Å²) >= 11 is 0. The topological polar surface area (TPSA) is 220 Å². The van der Waals surface area contributed by atoms with Crippen molar-refractivity contribution in [3.63, 3.8) is 0 Å². The van der Waals surface area contributed by atoms with Gasteiger partial charge in [-0.2, -0.15) is 9.97 Å². The number of likely N-dealkylation sites (tertiary alicyclic amines) is 2. The first-order chi connectivity index (χ1) is 29.0. The zero-order valence-electron chi connectivity index (χ0n) is 33.2. The van der Waals surface area contributed by atoms with Gasteiger partial charge >= 0.3 is 0 Å². The number of aryl methyl sites for hydroxylation is 4. The molecule has 2 aliphatic heterocycles. The van der Waals surface area contributed by atoms with E-state index in [-0.39, 0.29) is 11.8 Å². The van der Waals surface area contributed by atoms with Crippen LogP contribution in [-0.2, 0) is 14.1 Å². The number of carbonyl (C=O) groups excluding carboxylic acids is 2. The van der Waals surface area contributed by atoms with E-state index in [1.165, 1.54) is 0 Å². The summed E-state index contributed by atoms with van der Waals surface area (Å²) < 4.78 is 13.8. The van der Waals surface area contributed by atoms with Crippen LogP contribution in [0.5, 0.6) is 0 Å². The Labute approximate surface area is 342 Å². The Balaban J connectivity index is 0.000000154. The maximum atomic E-state index is 12.9. The molecule has 0 aliphatic carbocycles. The number of aromatic nitrogens is 10. The number of rotatable bonds is 6. The molecule has 0 bridgehead atoms. The van der Waals surface area contributed by atoms with Crippen molar-refractivity contribution in [2.45, 2.75) is 38.9 Å². The Morgan fingerprint density at radius 3 is 1.40 bits per heavy atom. The number of amides is 2. The smallest absolute Gasteiger partial charge is 0.270 e. The van der Waals surface area contributed by atoms with E-state index in [4.69, 9.17) is 9.05 Å². The molecule has 0 spiro atoms. The molecule has 2 fully saturated rings. The Bertz CT molecular complexity index is 2720. The molecular formula is C42H40N12O6. The lowest BCUT2D eigenvalue weighted by Crippen LogP contribution is -2.30. The molecule has 0 aromatic carbocycles. The third kappa shape index (κ3) is 7.37. The SMILES string of the molecule is Cc1nc(-c2ccnc(-c3cc4cc(C(=O)N5CC[C@@H](O)C5)n(C)c4cn3)c2)no1.Cc1nc(-c2ccnc(-c3cc4cc(C(=O)N5CC[C@H](O)C5)n(C)c4cn3)c2)no1. The highest BCUT2D eigenvalue weighted by Crippen LogP contribution is 2.29. The van der Waals surface area contributed by atoms with Crippen molar-refractivity contribution in [3.05, 3.63) is 96.5 Å². The standard InChI is InChI=1S/2C21H20N6O3/c2*1-12-24-20(25-30-12)13-3-5-22-16(7-13)17-8-14-9-18(26(2)19(14)10-23-17)21(29)27-6-4-15(28)11-27/h2*3,5,7-10,15,28H,4,6,11H2,1-2H3/t2*15-/m10/s1. The Kier molecular flexibility index (Phi) is 9.93. The maximum Gasteiger partial charge on any atom is 0.270 e. The third-order valence-corrected chi connectivity index (χ3v) is 10.8. The van der Waals surface area contributed by atoms with Crippen LogP contribution in [0.25, 0.3) is 67.4 Å². The van der Waals surface area contributed by atoms with E-state index < -0.39 is 12.2 Å². The van der Waals surface area contributed by atoms with Crippen molar-refractivity contribution in [3.8, 4) is 45.6 Å². The molecule has 2 aliphatic rings. The number of nitrogens with zero attached hydrogens (tertiary/aromatic N) is 12. The van der Waals surface area contributed by atoms with Gasteiger partial charge in [-0.15, -0.1) is 0 Å². The van der Waals surface area contributed by atoms with Crippen LogP contribution < -0.4 is 0 Å². The number of hydrogen-bond donors (Lipinski definition) is 2. The molecule has 2 atom stereocenters. The number of aliphatic hydroxyl groups excluding tert-OH is 2. The summed E-state index contributed by atoms with van der Waals surface area (Å²) in [5.41, 5.74) is 7.15. The van der Waals surface area contributed by atoms with Crippen molar-refractivity contribution in [2.75, 3.05) is 26.2 Å². The Morgan fingerprint density at radius 1 is 0.617 bits per heavy atom. The van der Waals surface area contributed by atoms with Gasteiger partial charge in [0.25, 0.3) is 11.8 Å². The molecule has 8 aromatic rings. The number of pyridine rings is 4. The fourth-order valence-electron chi connectivity index (χ4n) is 7.59. The van der Waals surface area contributed by atoms with Crippen LogP contribution in [0.4, 0.5) is 0 Å². The van der Waals surface area contributed by atoms with Gasteiger partial charge in [0.1, 0.15) is 11.4 Å². The normalized spacial score (nSPS) is 16.5. The number of carbonyl (C=O) groups is 2. The van der Waals surface area contributed by atoms with Crippen molar-refractivity contribution in [1.29, 1.82) is 0 Å². The largest absolute Gasteiger partial charge is 0.391 e. The Hall–Kier alpha value is -7.18. The minimum absolute atomic E-state index is 0.0839. The van der Waals surface area contributed by atoms with Gasteiger partial charge in [0.15, 0.2) is 0 Å². The second-order valence-corrected chi connectivity index (χ2v) is 15.0. The molecular weight excluding hydrogens is 769 g/mol. The van der Waals surface area contributed by atoms with Gasteiger partial charge in [-0.3, -0.25) is 29.5 Å². The Morgan fingerprint density at radius 2 is 1.03 bits per heavy atom. The number of fused-ring (bicyclic) bond motifs is 2. The van der Waals surface area contributed by atoms with E-state index in [1.54, 1.807) is 48.4 Å². The fraction of sp³-hybridized carbons (Fsp3) is 0.286. The lowest BCUT2D eigenvalue weighted by molar-refractivity contribution is 0.0750. The molecule has 0 radical (unpaired) electrons. The van der Waals surface area contributed by atoms with E-state index in [9.17, 15) is 19.8 Å². The van der Waals surface area contributed by atoms with E-state index in [2.05, 4.69) is 40.2 Å². The quantitative estimate of drug-likeness (QED) is 0.238. The molecule has 8 aromatic heterocycles. The number of β-amino-alcohol motifs (C(OH)–C–C–N with tert-alkyl or cyclic N) is 2. The first-order valence-corrected chi connectivity index (χ1v) is 19.4. The molecule has 2 saturated heterocycles. The van der Waals surface area contributed by atoms with Crippen molar-refractivity contribution in [2.24, 2.45) is 14.1 Å². The monoisotopic (exact) mass is 808 g/mol. The van der Waals surface area contributed by atoms with E-state index in [0.717, 1.165) is 32.9 Å². The zero-order valence-corrected chi connectivity index (χ0v) is 33.2. The van der Waals surface area contributed by atoms with Gasteiger partial charge in [-0.05, 0) is 61.4 Å². The van der Waals surface area contributed by atoms with Gasteiger partial charge in [-0.25, -0.2) is 0 Å². The summed E-state index contributed by atoms with van der Waals surface area (Å²) in [7, 11) is 3.70. The predicted molar refractivity (Wildman–Crippen MR) is 217 cm³/mol. The van der Waals surface area contributed by atoms with Gasteiger partial charge < -0.3 is 38.2 Å². The molecule has 2 amide bonds. The summed E-state index contributed by atoms with van der Waals surface area (Å²) in [6, 6.07) is 14.9. The van der Waals surface area contributed by atoms with Crippen molar-refractivity contribution >= 4 is 33.6 Å². The predicted octanol–water partition coefficient (Wildman–Crippen LogP) is 4.40. The third-order valence-electron chi connectivity index (χ3n) is 10.8. The molecule has 0 saturated carbocycles. The van der Waals surface area contributed by atoms with Crippen LogP contribution in [0, 0.1) is 13.8 Å². The highest BCUT2D eigenvalue weighted by Gasteiger charge is 2.29. The summed E-state index contributed by atoms with van der Waals surface area (Å²) in [6.45, 7) is 5.36. The summed E-state index contributed by atoms with van der Waals surface area (Å²) in [6.07, 6.45) is 7.19. The van der Waals surface area contributed by atoms with Crippen molar-refractivity contribution < 1.29 is 28.8 Å². The molecule has 60 heavy (non-hydrogen) atoms. The molecule has 304 valence electrons. The summed E-state index contributed by atoms with van der Waals surface area (Å²) in [5, 5.41) is 29.2. The zero-order chi connectivity index (χ0) is 41.7. The first-order valence-electron chi connectivity index (χ1n) is 19.4. The van der Waals surface area contributed by atoms with Gasteiger partial charge in [0.2, 0.25) is 23.4 Å². The van der Waals surface area contributed by atoms with Gasteiger partial charge in [0.05, 0.1) is 58.4 Å². The fourth-order valence-corrected chi connectivity index (χ4v) is 7.59. The molecule has 10 rings (SSSR count). The summed E-state index contributed by atoms with van der Waals surface area (Å²) in [5.74, 6) is 1.82. The number of hydrogen-bond acceptors (Lipinski definition) is 14. The van der Waals surface area contributed by atoms with Crippen LogP contribution in [0.15, 0.2) is 82.4 Å². The van der Waals surface area contributed by atoms with Crippen LogP contribution >= 0.6 is 0 Å². The average Bonchev–Trinajstić information content (AvgIpc) is 4.14. The van der Waals surface area contributed by atoms with Crippen LogP contribution in [0.3, 0.4) is 0 Å². The summed E-state index contributed by atoms with van der Waals surface area (Å²) in [4.78, 5) is 55.6. The highest BCUT2D eigenvalue weighted by molar-refractivity contribution is 6.00. The van der Waals surface area contributed by atoms with E-state index in [1.807, 2.05) is 71.8 Å². The molecule has 0 unspecified atom stereocenters.